The number of fused-ring (bicyclic) bond motifs is 2. The number of carbonyl (C=O) groups is 6. The second kappa shape index (κ2) is 37.4. The predicted molar refractivity (Wildman–Crippen MR) is 387 cm³/mol. The molecule has 0 radical (unpaired) electrons. The van der Waals surface area contributed by atoms with Crippen molar-refractivity contribution >= 4 is 70.7 Å². The number of phenolic OH excluding ortho intramolecular Hbond substituents is 2. The molecule has 0 bridgehead atoms. The summed E-state index contributed by atoms with van der Waals surface area (Å²) >= 11 is 0. The second-order valence-electron chi connectivity index (χ2n) is 26.2. The number of unbranched alkanes of at least 4 members (excludes halogenated alkanes) is 18. The lowest BCUT2D eigenvalue weighted by Gasteiger charge is -2.25. The van der Waals surface area contributed by atoms with Gasteiger partial charge in [0.1, 0.15) is 23.0 Å². The molecule has 2 aliphatic heterocycles. The molecule has 520 valence electrons. The quantitative estimate of drug-likeness (QED) is 0.0122. The molecule has 1 saturated carbocycles. The number of hydrogen-bond donors (Lipinski definition) is 6. The number of ether oxygens (including phenoxy) is 4. The van der Waals surface area contributed by atoms with Gasteiger partial charge in [-0.1, -0.05) is 205 Å². The number of phenols is 2. The van der Waals surface area contributed by atoms with Crippen LogP contribution in [0.4, 0.5) is 22.7 Å². The summed E-state index contributed by atoms with van der Waals surface area (Å²) in [6.07, 6.45) is 28.5. The third kappa shape index (κ3) is 19.7. The Balaban J connectivity index is 0.868. The van der Waals surface area contributed by atoms with E-state index in [0.717, 1.165) is 62.5 Å². The van der Waals surface area contributed by atoms with E-state index in [2.05, 4.69) is 35.1 Å². The monoisotopic (exact) mass is 1330 g/mol. The SMILES string of the molecule is CCCCCCCCCCCCOC(=O)c1cccc(NC(=O)c2cccc(C=N[C@@H]3CCCC[C@H]3N=Cc3cccc(C(=O)Nc4cccc(C(=O)OCCCCCCCCCCCC)c4NC(=O)c4cccc5c4OC[C@H]5C)c3O)c2O)c1NC(=O)c1cccc2c1OC[C@H]2C. The lowest BCUT2D eigenvalue weighted by Crippen LogP contribution is -2.27. The fourth-order valence-corrected chi connectivity index (χ4v) is 13.0. The summed E-state index contributed by atoms with van der Waals surface area (Å²) in [6.45, 7) is 9.65. The van der Waals surface area contributed by atoms with Crippen molar-refractivity contribution in [1.29, 1.82) is 0 Å². The largest absolute Gasteiger partial charge is 0.506 e. The summed E-state index contributed by atoms with van der Waals surface area (Å²) in [5, 5.41) is 35.0. The van der Waals surface area contributed by atoms with Crippen molar-refractivity contribution in [2.45, 2.75) is 206 Å². The number of esters is 2. The van der Waals surface area contributed by atoms with E-state index in [1.54, 1.807) is 72.8 Å². The molecule has 1 aliphatic carbocycles. The Bertz CT molecular complexity index is 3540. The van der Waals surface area contributed by atoms with Gasteiger partial charge in [0.2, 0.25) is 0 Å². The van der Waals surface area contributed by atoms with Crippen LogP contribution in [0, 0.1) is 0 Å². The van der Waals surface area contributed by atoms with Crippen LogP contribution in [-0.4, -0.2) is 96.7 Å². The number of anilines is 4. The average Bonchev–Trinajstić information content (AvgIpc) is 1.57. The zero-order valence-electron chi connectivity index (χ0n) is 57.5. The Morgan fingerprint density at radius 2 is 0.755 bits per heavy atom. The van der Waals surface area contributed by atoms with E-state index in [4.69, 9.17) is 28.9 Å². The zero-order valence-corrected chi connectivity index (χ0v) is 57.5. The molecule has 1 fully saturated rings. The number of carbonyl (C=O) groups excluding carboxylic acids is 6. The second-order valence-corrected chi connectivity index (χ2v) is 26.2. The molecule has 2 heterocycles. The van der Waals surface area contributed by atoms with Crippen LogP contribution in [0.3, 0.4) is 0 Å². The fourth-order valence-electron chi connectivity index (χ4n) is 13.0. The maximum Gasteiger partial charge on any atom is 0.340 e. The van der Waals surface area contributed by atoms with Crippen LogP contribution in [0.2, 0.25) is 0 Å². The van der Waals surface area contributed by atoms with Gasteiger partial charge in [0.05, 0.1) is 94.6 Å². The molecule has 6 aromatic carbocycles. The topological polar surface area (TPSA) is 253 Å². The first kappa shape index (κ1) is 72.9. The Morgan fingerprint density at radius 3 is 1.14 bits per heavy atom. The van der Waals surface area contributed by atoms with E-state index in [1.165, 1.54) is 114 Å². The Hall–Kier alpha value is -9.32. The summed E-state index contributed by atoms with van der Waals surface area (Å²) in [6, 6.07) is 28.7. The summed E-state index contributed by atoms with van der Waals surface area (Å²) in [5.74, 6) is -3.51. The van der Waals surface area contributed by atoms with Gasteiger partial charge in [0.15, 0.2) is 0 Å². The standard InChI is InChI=1S/C80H98N6O12/c1-5-7-9-11-13-15-17-19-21-25-47-95-79(93)59-37-31-45-67(69(59)85-77(91)63-41-29-35-57-53(3)51-97-73(57)63)83-75(89)61-39-27-33-55(71(61)87)49-81-65-43-23-24-44-66(65)82-50-56-34-28-40-62(72(56)88)76(90)84-68-46-32-38-60(80(94)96-48-26-22-20-18-16-14-12-10-8-6-2)70(68)86-78(92)64-42-30-36-58-54(4)52-98-74(58)64/h27-42,45-46,49-50,53-54,65-66,87-88H,5-26,43-44,47-48,51-52H2,1-4H3,(H,83,89)(H,84,90)(H,85,91)(H,86,92)/t53-,54-,65-,66-/m1/s1. The van der Waals surface area contributed by atoms with E-state index in [-0.39, 0.29) is 116 Å². The maximum absolute atomic E-state index is 14.3. The summed E-state index contributed by atoms with van der Waals surface area (Å²) in [5.41, 5.74) is 2.97. The first-order valence-electron chi connectivity index (χ1n) is 35.8. The van der Waals surface area contributed by atoms with Crippen molar-refractivity contribution in [3.63, 3.8) is 0 Å². The number of aliphatic imine (C=N–C) groups is 2. The van der Waals surface area contributed by atoms with Gasteiger partial charge in [0.25, 0.3) is 23.6 Å². The molecular formula is C80H98N6O12. The van der Waals surface area contributed by atoms with Crippen molar-refractivity contribution in [3.05, 3.63) is 165 Å². The molecule has 98 heavy (non-hydrogen) atoms. The summed E-state index contributed by atoms with van der Waals surface area (Å²) in [4.78, 5) is 94.6. The van der Waals surface area contributed by atoms with Crippen molar-refractivity contribution in [2.75, 3.05) is 47.7 Å². The van der Waals surface area contributed by atoms with E-state index < -0.39 is 35.6 Å². The number of para-hydroxylation sites is 6. The summed E-state index contributed by atoms with van der Waals surface area (Å²) < 4.78 is 23.5. The molecule has 4 amide bonds. The third-order valence-electron chi connectivity index (χ3n) is 18.7. The molecule has 0 aromatic heterocycles. The van der Waals surface area contributed by atoms with Crippen LogP contribution in [0.1, 0.15) is 278 Å². The minimum absolute atomic E-state index is 0.0240. The van der Waals surface area contributed by atoms with Gasteiger partial charge < -0.3 is 50.4 Å². The zero-order chi connectivity index (χ0) is 69.2. The highest BCUT2D eigenvalue weighted by Gasteiger charge is 2.31. The van der Waals surface area contributed by atoms with Gasteiger partial charge in [-0.05, 0) is 86.3 Å². The van der Waals surface area contributed by atoms with Gasteiger partial charge >= 0.3 is 11.9 Å². The third-order valence-corrected chi connectivity index (χ3v) is 18.7. The van der Waals surface area contributed by atoms with Crippen molar-refractivity contribution in [1.82, 2.24) is 0 Å². The van der Waals surface area contributed by atoms with Gasteiger partial charge in [-0.15, -0.1) is 0 Å². The molecule has 18 nitrogen and oxygen atoms in total. The molecule has 0 spiro atoms. The highest BCUT2D eigenvalue weighted by molar-refractivity contribution is 6.17. The van der Waals surface area contributed by atoms with Crippen LogP contribution < -0.4 is 30.7 Å². The minimum Gasteiger partial charge on any atom is -0.506 e. The summed E-state index contributed by atoms with van der Waals surface area (Å²) in [7, 11) is 0. The Labute approximate surface area is 577 Å². The molecule has 4 atom stereocenters. The van der Waals surface area contributed by atoms with E-state index >= 15 is 0 Å². The number of nitrogens with one attached hydrogen (secondary N) is 4. The van der Waals surface area contributed by atoms with Gasteiger partial charge in [-0.25, -0.2) is 9.59 Å². The number of rotatable bonds is 36. The van der Waals surface area contributed by atoms with Crippen LogP contribution in [-0.2, 0) is 9.47 Å². The molecule has 0 saturated heterocycles. The van der Waals surface area contributed by atoms with Crippen molar-refractivity contribution < 1.29 is 57.9 Å². The van der Waals surface area contributed by atoms with Crippen LogP contribution in [0.5, 0.6) is 23.0 Å². The number of aromatic hydroxyl groups is 2. The fraction of sp³-hybridized carbons (Fsp3) is 0.450. The number of amides is 4. The van der Waals surface area contributed by atoms with Crippen LogP contribution in [0.15, 0.2) is 119 Å². The van der Waals surface area contributed by atoms with Crippen molar-refractivity contribution in [3.8, 4) is 23.0 Å². The molecule has 6 aromatic rings. The van der Waals surface area contributed by atoms with E-state index in [1.807, 2.05) is 26.0 Å². The van der Waals surface area contributed by atoms with E-state index in [9.17, 15) is 39.0 Å². The maximum atomic E-state index is 14.3. The van der Waals surface area contributed by atoms with Crippen molar-refractivity contribution in [2.24, 2.45) is 9.98 Å². The first-order valence-corrected chi connectivity index (χ1v) is 35.8. The molecule has 6 N–H and O–H groups in total. The highest BCUT2D eigenvalue weighted by Crippen LogP contribution is 2.40. The smallest absolute Gasteiger partial charge is 0.340 e. The normalized spacial score (nSPS) is 16.2. The number of nitrogens with zero attached hydrogens (tertiary/aromatic N) is 2. The lowest BCUT2D eigenvalue weighted by molar-refractivity contribution is 0.0489. The highest BCUT2D eigenvalue weighted by atomic mass is 16.5. The Morgan fingerprint density at radius 1 is 0.429 bits per heavy atom. The average molecular weight is 1340 g/mol. The van der Waals surface area contributed by atoms with E-state index in [0.29, 0.717) is 50.4 Å². The van der Waals surface area contributed by atoms with Gasteiger partial charge in [0, 0.05) is 46.5 Å². The molecule has 3 aliphatic rings. The molecular weight excluding hydrogens is 1240 g/mol. The number of hydrogen-bond acceptors (Lipinski definition) is 14. The minimum atomic E-state index is -0.718. The Kier molecular flexibility index (Phi) is 27.9. The van der Waals surface area contributed by atoms with Crippen LogP contribution in [0.25, 0.3) is 0 Å². The van der Waals surface area contributed by atoms with Gasteiger partial charge in [-0.3, -0.25) is 29.2 Å². The number of benzene rings is 6. The van der Waals surface area contributed by atoms with Crippen LogP contribution >= 0.6 is 0 Å². The lowest BCUT2D eigenvalue weighted by atomic mass is 9.91. The molecule has 18 heteroatoms. The predicted octanol–water partition coefficient (Wildman–Crippen LogP) is 18.1. The molecule has 9 rings (SSSR count). The molecule has 0 unspecified atom stereocenters. The van der Waals surface area contributed by atoms with Gasteiger partial charge in [-0.2, -0.15) is 0 Å². The first-order chi connectivity index (χ1) is 47.8.